The highest BCUT2D eigenvalue weighted by Crippen LogP contribution is 2.24. The van der Waals surface area contributed by atoms with E-state index in [0.29, 0.717) is 24.6 Å². The average molecular weight is 318 g/mol. The van der Waals surface area contributed by atoms with E-state index in [0.717, 1.165) is 0 Å². The highest BCUT2D eigenvalue weighted by Gasteiger charge is 2.39. The zero-order chi connectivity index (χ0) is 15.7. The molecule has 0 amide bonds. The Morgan fingerprint density at radius 1 is 1.52 bits per heavy atom. The Balaban J connectivity index is 2.14. The fourth-order valence-electron chi connectivity index (χ4n) is 2.49. The van der Waals surface area contributed by atoms with Gasteiger partial charge in [0.05, 0.1) is 18.3 Å². The van der Waals surface area contributed by atoms with Crippen molar-refractivity contribution < 1.29 is 22.4 Å². The summed E-state index contributed by atoms with van der Waals surface area (Å²) in [5.41, 5.74) is -0.131. The molecule has 0 spiro atoms. The zero-order valence-electron chi connectivity index (χ0n) is 12.8. The molecule has 1 unspecified atom stereocenters. The Hall–Kier alpha value is -0.960. The first-order valence-electron chi connectivity index (χ1n) is 6.79. The van der Waals surface area contributed by atoms with E-state index in [1.54, 1.807) is 20.1 Å². The molecular weight excluding hydrogens is 296 g/mol. The fourth-order valence-corrected chi connectivity index (χ4v) is 4.08. The molecule has 7 nitrogen and oxygen atoms in total. The van der Waals surface area contributed by atoms with Gasteiger partial charge in [-0.05, 0) is 20.8 Å². The molecule has 0 bridgehead atoms. The third-order valence-electron chi connectivity index (χ3n) is 3.20. The molecule has 8 heteroatoms. The molecule has 1 aliphatic rings. The van der Waals surface area contributed by atoms with E-state index in [1.807, 2.05) is 13.8 Å². The Bertz CT molecular complexity index is 581. The molecule has 1 fully saturated rings. The number of rotatable bonds is 5. The van der Waals surface area contributed by atoms with Gasteiger partial charge in [0.2, 0.25) is 10.0 Å². The average Bonchev–Trinajstić information content (AvgIpc) is 2.72. The van der Waals surface area contributed by atoms with Gasteiger partial charge in [0.1, 0.15) is 17.2 Å². The summed E-state index contributed by atoms with van der Waals surface area (Å²) >= 11 is 0. The van der Waals surface area contributed by atoms with Crippen molar-refractivity contribution >= 4 is 10.0 Å². The maximum atomic E-state index is 12.5. The molecule has 120 valence electrons. The number of aryl methyl sites for hydroxylation is 1. The van der Waals surface area contributed by atoms with Gasteiger partial charge in [-0.25, -0.2) is 8.42 Å². The Labute approximate surface area is 125 Å². The number of hydrogen-bond donors (Lipinski definition) is 0. The van der Waals surface area contributed by atoms with Crippen LogP contribution in [-0.4, -0.2) is 56.4 Å². The van der Waals surface area contributed by atoms with Crippen LogP contribution in [0.25, 0.3) is 0 Å². The first kappa shape index (κ1) is 16.4. The van der Waals surface area contributed by atoms with Crippen LogP contribution in [0.4, 0.5) is 0 Å². The van der Waals surface area contributed by atoms with Gasteiger partial charge >= 0.3 is 0 Å². The lowest BCUT2D eigenvalue weighted by Crippen LogP contribution is -2.55. The fraction of sp³-hybridized carbons (Fsp3) is 0.769. The lowest BCUT2D eigenvalue weighted by atomic mass is 10.1. The van der Waals surface area contributed by atoms with E-state index in [4.69, 9.17) is 14.0 Å². The maximum Gasteiger partial charge on any atom is 0.220 e. The Morgan fingerprint density at radius 3 is 2.81 bits per heavy atom. The predicted octanol–water partition coefficient (Wildman–Crippen LogP) is 0.939. The molecule has 0 aromatic carbocycles. The van der Waals surface area contributed by atoms with E-state index in [2.05, 4.69) is 5.16 Å². The second kappa shape index (κ2) is 6.04. The van der Waals surface area contributed by atoms with Crippen LogP contribution in [0.1, 0.15) is 25.3 Å². The lowest BCUT2D eigenvalue weighted by Gasteiger charge is -2.41. The van der Waals surface area contributed by atoms with Crippen LogP contribution in [-0.2, 0) is 25.2 Å². The third-order valence-corrected chi connectivity index (χ3v) is 4.93. The van der Waals surface area contributed by atoms with Gasteiger partial charge in [-0.1, -0.05) is 5.16 Å². The van der Waals surface area contributed by atoms with Crippen molar-refractivity contribution in [3.05, 3.63) is 17.5 Å². The van der Waals surface area contributed by atoms with Crippen molar-refractivity contribution in [2.75, 3.05) is 26.8 Å². The molecule has 1 aromatic heterocycles. The van der Waals surface area contributed by atoms with E-state index in [9.17, 15) is 8.42 Å². The number of nitrogens with zero attached hydrogens (tertiary/aromatic N) is 2. The minimum Gasteiger partial charge on any atom is -0.382 e. The van der Waals surface area contributed by atoms with Crippen LogP contribution < -0.4 is 0 Å². The van der Waals surface area contributed by atoms with Gasteiger partial charge in [0, 0.05) is 26.3 Å². The molecule has 1 aromatic rings. The molecule has 0 radical (unpaired) electrons. The summed E-state index contributed by atoms with van der Waals surface area (Å²) in [6.07, 6.45) is -0.271. The smallest absolute Gasteiger partial charge is 0.220 e. The van der Waals surface area contributed by atoms with Crippen molar-refractivity contribution in [1.29, 1.82) is 0 Å². The number of morpholine rings is 1. The minimum absolute atomic E-state index is 0.167. The van der Waals surface area contributed by atoms with Crippen molar-refractivity contribution in [3.63, 3.8) is 0 Å². The molecule has 2 heterocycles. The number of methoxy groups -OCH3 is 1. The quantitative estimate of drug-likeness (QED) is 0.803. The number of aromatic nitrogens is 1. The third kappa shape index (κ3) is 4.26. The lowest BCUT2D eigenvalue weighted by molar-refractivity contribution is -0.135. The molecule has 0 N–H and O–H groups in total. The normalized spacial score (nSPS) is 23.3. The van der Waals surface area contributed by atoms with Crippen molar-refractivity contribution in [1.82, 2.24) is 9.46 Å². The van der Waals surface area contributed by atoms with Crippen molar-refractivity contribution in [3.8, 4) is 0 Å². The first-order valence-corrected chi connectivity index (χ1v) is 8.39. The summed E-state index contributed by atoms with van der Waals surface area (Å²) in [4.78, 5) is 0. The Morgan fingerprint density at radius 2 is 2.24 bits per heavy atom. The molecular formula is C13H22N2O5S. The van der Waals surface area contributed by atoms with Crippen LogP contribution in [0.15, 0.2) is 10.6 Å². The minimum atomic E-state index is -3.47. The predicted molar refractivity (Wildman–Crippen MR) is 76.3 cm³/mol. The number of sulfonamides is 1. The second-order valence-corrected chi connectivity index (χ2v) is 7.90. The van der Waals surface area contributed by atoms with Crippen LogP contribution >= 0.6 is 0 Å². The summed E-state index contributed by atoms with van der Waals surface area (Å²) in [5.74, 6) is 0.430. The summed E-state index contributed by atoms with van der Waals surface area (Å²) < 4.78 is 42.4. The number of ether oxygens (including phenoxy) is 2. The zero-order valence-corrected chi connectivity index (χ0v) is 13.6. The maximum absolute atomic E-state index is 12.5. The molecule has 0 saturated carbocycles. The highest BCUT2D eigenvalue weighted by atomic mass is 32.2. The summed E-state index contributed by atoms with van der Waals surface area (Å²) in [6, 6.07) is 1.63. The first-order chi connectivity index (χ1) is 9.72. The molecule has 0 aliphatic carbocycles. The van der Waals surface area contributed by atoms with Crippen LogP contribution in [0.5, 0.6) is 0 Å². The van der Waals surface area contributed by atoms with E-state index in [-0.39, 0.29) is 18.4 Å². The van der Waals surface area contributed by atoms with E-state index in [1.165, 1.54) is 4.31 Å². The van der Waals surface area contributed by atoms with Gasteiger partial charge in [-0.15, -0.1) is 0 Å². The second-order valence-electron chi connectivity index (χ2n) is 5.93. The standard InChI is InChI=1S/C13H22N2O5S/c1-10-5-11(14-20-10)8-21(16,17)15-6-12(7-18-4)19-13(2,3)9-15/h5,12H,6-9H2,1-4H3. The molecule has 2 rings (SSSR count). The highest BCUT2D eigenvalue weighted by molar-refractivity contribution is 7.88. The summed E-state index contributed by atoms with van der Waals surface area (Å²) in [5, 5.41) is 3.75. The summed E-state index contributed by atoms with van der Waals surface area (Å²) in [6.45, 7) is 6.44. The molecule has 1 aliphatic heterocycles. The van der Waals surface area contributed by atoms with Gasteiger partial charge in [-0.2, -0.15) is 4.31 Å². The van der Waals surface area contributed by atoms with Gasteiger partial charge in [-0.3, -0.25) is 0 Å². The Kier molecular flexibility index (Phi) is 4.72. The van der Waals surface area contributed by atoms with Gasteiger partial charge < -0.3 is 14.0 Å². The van der Waals surface area contributed by atoms with E-state index >= 15 is 0 Å². The van der Waals surface area contributed by atoms with Crippen LogP contribution in [0.3, 0.4) is 0 Å². The largest absolute Gasteiger partial charge is 0.382 e. The molecule has 21 heavy (non-hydrogen) atoms. The van der Waals surface area contributed by atoms with Crippen LogP contribution in [0, 0.1) is 6.92 Å². The monoisotopic (exact) mass is 318 g/mol. The molecule has 1 atom stereocenters. The van der Waals surface area contributed by atoms with Gasteiger partial charge in [0.25, 0.3) is 0 Å². The summed E-state index contributed by atoms with van der Waals surface area (Å²) in [7, 11) is -1.90. The van der Waals surface area contributed by atoms with Crippen molar-refractivity contribution in [2.45, 2.75) is 38.2 Å². The van der Waals surface area contributed by atoms with Crippen molar-refractivity contribution in [2.24, 2.45) is 0 Å². The molecule has 1 saturated heterocycles. The number of hydrogen-bond acceptors (Lipinski definition) is 6. The SMILES string of the molecule is COCC1CN(S(=O)(=O)Cc2cc(C)on2)CC(C)(C)O1. The topological polar surface area (TPSA) is 81.9 Å². The van der Waals surface area contributed by atoms with E-state index < -0.39 is 15.6 Å². The van der Waals surface area contributed by atoms with Crippen LogP contribution in [0.2, 0.25) is 0 Å². The van der Waals surface area contributed by atoms with Gasteiger partial charge in [0.15, 0.2) is 0 Å².